The molecule has 0 atom stereocenters. The van der Waals surface area contributed by atoms with Crippen LogP contribution < -0.4 is 0 Å². The Kier molecular flexibility index (Phi) is 19.5. The van der Waals surface area contributed by atoms with Crippen LogP contribution in [-0.4, -0.2) is 22.3 Å². The molecule has 0 amide bonds. The van der Waals surface area contributed by atoms with Crippen LogP contribution in [0.2, 0.25) is 0 Å². The van der Waals surface area contributed by atoms with Crippen molar-refractivity contribution in [3.63, 3.8) is 0 Å². The van der Waals surface area contributed by atoms with Crippen molar-refractivity contribution in [3.8, 4) is 0 Å². The summed E-state index contributed by atoms with van der Waals surface area (Å²) in [5, 5.41) is 0. The topological polar surface area (TPSA) is 3.24 Å². The second kappa shape index (κ2) is 19.4. The molecule has 0 unspecified atom stereocenters. The van der Waals surface area contributed by atoms with Gasteiger partial charge in [0.2, 0.25) is 0 Å². The van der Waals surface area contributed by atoms with Gasteiger partial charge >= 0.3 is 0 Å². The SMILES string of the molecule is CCCCCCCCCCN(CCCCCCCCCC)C(=S)[S-]. The highest BCUT2D eigenvalue weighted by atomic mass is 32.1. The molecule has 0 rings (SSSR count). The fourth-order valence-electron chi connectivity index (χ4n) is 3.17. The minimum atomic E-state index is 0.681. The lowest BCUT2D eigenvalue weighted by Gasteiger charge is -2.28. The highest BCUT2D eigenvalue weighted by Gasteiger charge is 2.01. The largest absolute Gasteiger partial charge is 0.411 e. The number of hydrogen-bond donors (Lipinski definition) is 0. The number of unbranched alkanes of at least 4 members (excludes halogenated alkanes) is 14. The Morgan fingerprint density at radius 1 is 0.583 bits per heavy atom. The van der Waals surface area contributed by atoms with E-state index in [1.165, 1.54) is 103 Å². The molecule has 0 saturated heterocycles. The molecule has 0 saturated carbocycles. The molecule has 144 valence electrons. The Morgan fingerprint density at radius 3 is 1.17 bits per heavy atom. The minimum absolute atomic E-state index is 0.681. The molecule has 0 aliphatic carbocycles. The molecule has 0 aromatic heterocycles. The fraction of sp³-hybridized carbons (Fsp3) is 0.952. The van der Waals surface area contributed by atoms with Crippen LogP contribution in [0.1, 0.15) is 117 Å². The Labute approximate surface area is 163 Å². The molecular weight excluding hydrogens is 330 g/mol. The van der Waals surface area contributed by atoms with Gasteiger partial charge in [-0.2, -0.15) is 0 Å². The van der Waals surface area contributed by atoms with Gasteiger partial charge in [-0.1, -0.05) is 108 Å². The number of hydrogen-bond acceptors (Lipinski definition) is 2. The highest BCUT2D eigenvalue weighted by molar-refractivity contribution is 8.00. The molecule has 0 spiro atoms. The molecule has 0 aliphatic rings. The van der Waals surface area contributed by atoms with Crippen molar-refractivity contribution in [1.82, 2.24) is 4.90 Å². The van der Waals surface area contributed by atoms with Crippen molar-refractivity contribution in [2.75, 3.05) is 13.1 Å². The molecule has 0 aromatic carbocycles. The predicted molar refractivity (Wildman–Crippen MR) is 117 cm³/mol. The lowest BCUT2D eigenvalue weighted by molar-refractivity contribution is 0.394. The van der Waals surface area contributed by atoms with E-state index in [4.69, 9.17) is 24.8 Å². The Bertz CT molecular complexity index is 249. The second-order valence-electron chi connectivity index (χ2n) is 7.20. The number of nitrogens with zero attached hydrogens (tertiary/aromatic N) is 1. The molecule has 0 heterocycles. The summed E-state index contributed by atoms with van der Waals surface area (Å²) in [7, 11) is 0. The van der Waals surface area contributed by atoms with Crippen LogP contribution in [0.5, 0.6) is 0 Å². The van der Waals surface area contributed by atoms with Gasteiger partial charge < -0.3 is 29.7 Å². The maximum atomic E-state index is 5.25. The summed E-state index contributed by atoms with van der Waals surface area (Å²) in [6.45, 7) is 6.71. The summed E-state index contributed by atoms with van der Waals surface area (Å²) >= 11 is 10.5. The monoisotopic (exact) mass is 372 g/mol. The quantitative estimate of drug-likeness (QED) is 0.140. The van der Waals surface area contributed by atoms with E-state index in [9.17, 15) is 0 Å². The van der Waals surface area contributed by atoms with Crippen LogP contribution in [0.15, 0.2) is 0 Å². The Hall–Kier alpha value is 0.110. The first kappa shape index (κ1) is 24.1. The van der Waals surface area contributed by atoms with Crippen molar-refractivity contribution < 1.29 is 0 Å². The van der Waals surface area contributed by atoms with Crippen LogP contribution in [0, 0.1) is 0 Å². The van der Waals surface area contributed by atoms with Gasteiger partial charge in [0.15, 0.2) is 0 Å². The third kappa shape index (κ3) is 17.0. The van der Waals surface area contributed by atoms with E-state index < -0.39 is 0 Å². The third-order valence-electron chi connectivity index (χ3n) is 4.82. The van der Waals surface area contributed by atoms with E-state index >= 15 is 0 Å². The molecule has 0 aliphatic heterocycles. The maximum absolute atomic E-state index is 5.25. The molecule has 0 bridgehead atoms. The molecular formula is C21H42NS2-. The first-order valence-corrected chi connectivity index (χ1v) is 11.5. The first-order valence-electron chi connectivity index (χ1n) is 10.7. The lowest BCUT2D eigenvalue weighted by atomic mass is 10.1. The van der Waals surface area contributed by atoms with Crippen LogP contribution >= 0.6 is 12.2 Å². The van der Waals surface area contributed by atoms with Crippen molar-refractivity contribution in [2.24, 2.45) is 0 Å². The standard InChI is InChI=1S/C21H43NS2/c1-3-5-7-9-11-13-15-17-19-22(21(23)24)20-18-16-14-12-10-8-6-4-2/h3-20H2,1-2H3,(H,23,24)/p-1. The average molecular weight is 373 g/mol. The molecule has 0 N–H and O–H groups in total. The molecule has 0 radical (unpaired) electrons. The molecule has 0 fully saturated rings. The smallest absolute Gasteiger partial charge is 0.0162 e. The average Bonchev–Trinajstić information content (AvgIpc) is 2.57. The summed E-state index contributed by atoms with van der Waals surface area (Å²) in [5.74, 6) is 0. The second-order valence-corrected chi connectivity index (χ2v) is 8.23. The molecule has 1 nitrogen and oxygen atoms in total. The van der Waals surface area contributed by atoms with Gasteiger partial charge in [0, 0.05) is 13.1 Å². The van der Waals surface area contributed by atoms with Gasteiger partial charge in [-0.25, -0.2) is 0 Å². The Balaban J connectivity index is 3.49. The van der Waals surface area contributed by atoms with E-state index in [1.54, 1.807) is 0 Å². The number of rotatable bonds is 18. The van der Waals surface area contributed by atoms with E-state index in [1.807, 2.05) is 0 Å². The summed E-state index contributed by atoms with van der Waals surface area (Å²) in [6.07, 6.45) is 21.8. The molecule has 3 heteroatoms. The van der Waals surface area contributed by atoms with E-state index in [0.717, 1.165) is 13.1 Å². The maximum Gasteiger partial charge on any atom is 0.0162 e. The van der Waals surface area contributed by atoms with Crippen molar-refractivity contribution in [1.29, 1.82) is 0 Å². The Morgan fingerprint density at radius 2 is 0.875 bits per heavy atom. The summed E-state index contributed by atoms with van der Waals surface area (Å²) < 4.78 is 0.681. The first-order chi connectivity index (χ1) is 11.7. The molecule has 0 aromatic rings. The minimum Gasteiger partial charge on any atom is -0.411 e. The van der Waals surface area contributed by atoms with Gasteiger partial charge in [0.1, 0.15) is 0 Å². The van der Waals surface area contributed by atoms with Crippen molar-refractivity contribution in [3.05, 3.63) is 0 Å². The van der Waals surface area contributed by atoms with Gasteiger partial charge in [0.05, 0.1) is 0 Å². The van der Waals surface area contributed by atoms with E-state index in [2.05, 4.69) is 18.7 Å². The lowest BCUT2D eigenvalue weighted by Crippen LogP contribution is -2.30. The van der Waals surface area contributed by atoms with Crippen molar-refractivity contribution >= 4 is 29.2 Å². The highest BCUT2D eigenvalue weighted by Crippen LogP contribution is 2.11. The summed E-state index contributed by atoms with van der Waals surface area (Å²) in [5.41, 5.74) is 0. The predicted octanol–water partition coefficient (Wildman–Crippen LogP) is 7.40. The summed E-state index contributed by atoms with van der Waals surface area (Å²) in [6, 6.07) is 0. The zero-order valence-corrected chi connectivity index (χ0v) is 18.1. The van der Waals surface area contributed by atoms with Crippen LogP contribution in [0.4, 0.5) is 0 Å². The number of thiocarbonyl (C=S) groups is 1. The van der Waals surface area contributed by atoms with Crippen molar-refractivity contribution in [2.45, 2.75) is 117 Å². The van der Waals surface area contributed by atoms with Gasteiger partial charge in [0.25, 0.3) is 0 Å². The zero-order chi connectivity index (χ0) is 17.9. The van der Waals surface area contributed by atoms with Crippen LogP contribution in [-0.2, 0) is 12.6 Å². The van der Waals surface area contributed by atoms with Crippen LogP contribution in [0.3, 0.4) is 0 Å². The van der Waals surface area contributed by atoms with E-state index in [-0.39, 0.29) is 0 Å². The van der Waals surface area contributed by atoms with Gasteiger partial charge in [-0.3, -0.25) is 0 Å². The van der Waals surface area contributed by atoms with Gasteiger partial charge in [-0.15, -0.1) is 0 Å². The van der Waals surface area contributed by atoms with Gasteiger partial charge in [-0.05, 0) is 12.8 Å². The van der Waals surface area contributed by atoms with Crippen LogP contribution in [0.25, 0.3) is 0 Å². The normalized spacial score (nSPS) is 10.9. The molecule has 24 heavy (non-hydrogen) atoms. The van der Waals surface area contributed by atoms with E-state index in [0.29, 0.717) is 4.32 Å². The third-order valence-corrected chi connectivity index (χ3v) is 5.34. The fourth-order valence-corrected chi connectivity index (χ4v) is 3.53. The zero-order valence-electron chi connectivity index (χ0n) is 16.5. The summed E-state index contributed by atoms with van der Waals surface area (Å²) in [4.78, 5) is 2.26.